The van der Waals surface area contributed by atoms with Crippen molar-refractivity contribution in [1.82, 2.24) is 9.78 Å². The number of hydrogen-bond donors (Lipinski definition) is 2. The molecule has 2 aliphatic rings. The van der Waals surface area contributed by atoms with Gasteiger partial charge in [-0.15, -0.1) is 0 Å². The van der Waals surface area contributed by atoms with E-state index in [-0.39, 0.29) is 23.8 Å². The van der Waals surface area contributed by atoms with Gasteiger partial charge < -0.3 is 20.5 Å². The van der Waals surface area contributed by atoms with Crippen LogP contribution in [0.25, 0.3) is 5.69 Å². The van der Waals surface area contributed by atoms with Gasteiger partial charge in [0.15, 0.2) is 0 Å². The predicted molar refractivity (Wildman–Crippen MR) is 97.6 cm³/mol. The average Bonchev–Trinajstić information content (AvgIpc) is 3.43. The molecule has 2 aromatic rings. The number of carbonyl (C=O) groups is 3. The molecule has 0 aliphatic carbocycles. The van der Waals surface area contributed by atoms with E-state index >= 15 is 0 Å². The third-order valence-electron chi connectivity index (χ3n) is 5.29. The van der Waals surface area contributed by atoms with Gasteiger partial charge in [-0.05, 0) is 43.2 Å². The molecule has 4 rings (SSSR count). The van der Waals surface area contributed by atoms with Crippen LogP contribution in [0.1, 0.15) is 23.3 Å². The zero-order valence-corrected chi connectivity index (χ0v) is 15.2. The number of fused-ring (bicyclic) bond motifs is 2. The van der Waals surface area contributed by atoms with Crippen LogP contribution in [0.2, 0.25) is 0 Å². The molecule has 0 unspecified atom stereocenters. The number of nitrogens with one attached hydrogen (secondary N) is 1. The quantitative estimate of drug-likeness (QED) is 0.737. The van der Waals surface area contributed by atoms with Crippen molar-refractivity contribution < 1.29 is 23.9 Å². The summed E-state index contributed by atoms with van der Waals surface area (Å²) in [6, 6.07) is 8.48. The van der Waals surface area contributed by atoms with Gasteiger partial charge in [0.25, 0.3) is 5.91 Å². The summed E-state index contributed by atoms with van der Waals surface area (Å²) in [6.07, 6.45) is 2.64. The first kappa shape index (κ1) is 18.2. The van der Waals surface area contributed by atoms with Gasteiger partial charge in [0.05, 0.1) is 36.8 Å². The second-order valence-corrected chi connectivity index (χ2v) is 6.91. The molecular weight excluding hydrogens is 364 g/mol. The highest BCUT2D eigenvalue weighted by atomic mass is 16.5. The first-order chi connectivity index (χ1) is 13.5. The monoisotopic (exact) mass is 384 g/mol. The number of ether oxygens (including phenoxy) is 2. The van der Waals surface area contributed by atoms with Crippen LogP contribution < -0.4 is 11.1 Å². The number of aromatic nitrogens is 2. The van der Waals surface area contributed by atoms with Gasteiger partial charge in [-0.3, -0.25) is 14.4 Å². The van der Waals surface area contributed by atoms with E-state index in [2.05, 4.69) is 10.4 Å². The van der Waals surface area contributed by atoms with Crippen molar-refractivity contribution in [3.05, 3.63) is 42.2 Å². The maximum Gasteiger partial charge on any atom is 0.312 e. The van der Waals surface area contributed by atoms with Crippen LogP contribution in [0.15, 0.2) is 36.5 Å². The second-order valence-electron chi connectivity index (χ2n) is 6.91. The summed E-state index contributed by atoms with van der Waals surface area (Å²) in [6.45, 7) is 0. The topological polar surface area (TPSA) is 126 Å². The van der Waals surface area contributed by atoms with E-state index < -0.39 is 23.7 Å². The highest BCUT2D eigenvalue weighted by Gasteiger charge is 2.55. The highest BCUT2D eigenvalue weighted by molar-refractivity contribution is 5.96. The molecule has 2 aliphatic heterocycles. The van der Waals surface area contributed by atoms with Crippen molar-refractivity contribution in [2.45, 2.75) is 25.0 Å². The lowest BCUT2D eigenvalue weighted by Gasteiger charge is -2.25. The van der Waals surface area contributed by atoms with E-state index in [9.17, 15) is 14.4 Å². The first-order valence-corrected chi connectivity index (χ1v) is 8.98. The van der Waals surface area contributed by atoms with Gasteiger partial charge in [-0.2, -0.15) is 5.10 Å². The van der Waals surface area contributed by atoms with Gasteiger partial charge in [0.2, 0.25) is 5.91 Å². The molecule has 2 amide bonds. The van der Waals surface area contributed by atoms with Crippen molar-refractivity contribution in [2.75, 3.05) is 12.4 Å². The molecule has 2 fully saturated rings. The summed E-state index contributed by atoms with van der Waals surface area (Å²) in [5, 5.41) is 6.93. The fraction of sp³-hybridized carbons (Fsp3) is 0.368. The zero-order chi connectivity index (χ0) is 19.8. The Bertz CT molecular complexity index is 923. The Labute approximate surface area is 160 Å². The Morgan fingerprint density at radius 1 is 1.14 bits per heavy atom. The van der Waals surface area contributed by atoms with Crippen LogP contribution >= 0.6 is 0 Å². The van der Waals surface area contributed by atoms with Crippen LogP contribution in [0.5, 0.6) is 0 Å². The third-order valence-corrected chi connectivity index (χ3v) is 5.29. The lowest BCUT2D eigenvalue weighted by Crippen LogP contribution is -2.41. The molecule has 1 aromatic carbocycles. The lowest BCUT2D eigenvalue weighted by atomic mass is 9.78. The Balaban J connectivity index is 1.47. The molecule has 0 saturated carbocycles. The van der Waals surface area contributed by atoms with Gasteiger partial charge in [0.1, 0.15) is 5.69 Å². The molecule has 1 aromatic heterocycles. The van der Waals surface area contributed by atoms with Crippen molar-refractivity contribution in [3.63, 3.8) is 0 Å². The second kappa shape index (κ2) is 7.08. The number of esters is 1. The number of amides is 2. The fourth-order valence-electron chi connectivity index (χ4n) is 3.97. The molecular formula is C19H20N4O5. The maximum absolute atomic E-state index is 12.8. The molecule has 4 atom stereocenters. The van der Waals surface area contributed by atoms with Crippen molar-refractivity contribution >= 4 is 23.5 Å². The molecule has 146 valence electrons. The number of hydrogen-bond acceptors (Lipinski definition) is 6. The summed E-state index contributed by atoms with van der Waals surface area (Å²) in [7, 11) is 1.32. The molecule has 0 radical (unpaired) electrons. The standard InChI is InChI=1S/C19H20N4O5/c1-27-19(26)16-14-7-6-13(28-14)15(16)18(25)21-10-2-4-11(5-3-10)23-9-8-12(22-23)17(20)24/h2-5,8-9,13-16H,6-7H2,1H3,(H2,20,24)(H,21,25)/t13-,14+,15-,16+/m1/s1. The van der Waals surface area contributed by atoms with Crippen molar-refractivity contribution in [1.29, 1.82) is 0 Å². The highest BCUT2D eigenvalue weighted by Crippen LogP contribution is 2.44. The first-order valence-electron chi connectivity index (χ1n) is 8.98. The summed E-state index contributed by atoms with van der Waals surface area (Å²) >= 11 is 0. The molecule has 2 bridgehead atoms. The van der Waals surface area contributed by atoms with Crippen molar-refractivity contribution in [2.24, 2.45) is 17.6 Å². The van der Waals surface area contributed by atoms with Crippen LogP contribution in [0.4, 0.5) is 5.69 Å². The van der Waals surface area contributed by atoms with Crippen LogP contribution in [-0.4, -0.2) is 46.9 Å². The third kappa shape index (κ3) is 3.13. The smallest absolute Gasteiger partial charge is 0.312 e. The predicted octanol–water partition coefficient (Wildman–Crippen LogP) is 0.876. The molecule has 2 saturated heterocycles. The lowest BCUT2D eigenvalue weighted by molar-refractivity contribution is -0.150. The molecule has 3 N–H and O–H groups in total. The number of rotatable bonds is 5. The summed E-state index contributed by atoms with van der Waals surface area (Å²) < 4.78 is 12.1. The summed E-state index contributed by atoms with van der Waals surface area (Å²) in [5.41, 5.74) is 6.67. The minimum Gasteiger partial charge on any atom is -0.469 e. The molecule has 9 nitrogen and oxygen atoms in total. The van der Waals surface area contributed by atoms with E-state index in [0.717, 1.165) is 12.8 Å². The number of primary amides is 1. The number of carbonyl (C=O) groups excluding carboxylic acids is 3. The molecule has 9 heteroatoms. The van der Waals surface area contributed by atoms with E-state index in [1.807, 2.05) is 0 Å². The van der Waals surface area contributed by atoms with E-state index in [0.29, 0.717) is 11.4 Å². The maximum atomic E-state index is 12.8. The number of benzene rings is 1. The minimum atomic E-state index is -0.601. The summed E-state index contributed by atoms with van der Waals surface area (Å²) in [4.78, 5) is 36.1. The molecule has 28 heavy (non-hydrogen) atoms. The Kier molecular flexibility index (Phi) is 4.60. The minimum absolute atomic E-state index is 0.169. The largest absolute Gasteiger partial charge is 0.469 e. The van der Waals surface area contributed by atoms with E-state index in [1.54, 1.807) is 30.5 Å². The van der Waals surface area contributed by atoms with Gasteiger partial charge >= 0.3 is 5.97 Å². The normalized spacial score (nSPS) is 25.5. The van der Waals surface area contributed by atoms with Crippen LogP contribution in [0, 0.1) is 11.8 Å². The summed E-state index contributed by atoms with van der Waals surface area (Å²) in [5.74, 6) is -2.40. The number of anilines is 1. The van der Waals surface area contributed by atoms with E-state index in [4.69, 9.17) is 15.2 Å². The SMILES string of the molecule is COC(=O)[C@@H]1[C@H](C(=O)Nc2ccc(-n3ccc(C(N)=O)n3)cc2)[C@H]2CC[C@@H]1O2. The van der Waals surface area contributed by atoms with Crippen LogP contribution in [-0.2, 0) is 19.1 Å². The Hall–Kier alpha value is -3.20. The molecule has 0 spiro atoms. The van der Waals surface area contributed by atoms with E-state index in [1.165, 1.54) is 17.9 Å². The Morgan fingerprint density at radius 2 is 1.82 bits per heavy atom. The van der Waals surface area contributed by atoms with Crippen LogP contribution in [0.3, 0.4) is 0 Å². The fourth-order valence-corrected chi connectivity index (χ4v) is 3.97. The van der Waals surface area contributed by atoms with Gasteiger partial charge in [-0.1, -0.05) is 0 Å². The Morgan fingerprint density at radius 3 is 2.43 bits per heavy atom. The average molecular weight is 384 g/mol. The number of nitrogens with two attached hydrogens (primary N) is 1. The molecule has 3 heterocycles. The van der Waals surface area contributed by atoms with Gasteiger partial charge in [-0.25, -0.2) is 4.68 Å². The van der Waals surface area contributed by atoms with Gasteiger partial charge in [0, 0.05) is 11.9 Å². The zero-order valence-electron chi connectivity index (χ0n) is 15.2. The number of nitrogens with zero attached hydrogens (tertiary/aromatic N) is 2. The van der Waals surface area contributed by atoms with Crippen molar-refractivity contribution in [3.8, 4) is 5.69 Å². The number of methoxy groups -OCH3 is 1.